The fourth-order valence-corrected chi connectivity index (χ4v) is 2.67. The number of carbonyl (C=O) groups excluding carboxylic acids is 1. The molecule has 1 aliphatic rings. The van der Waals surface area contributed by atoms with Gasteiger partial charge in [0.2, 0.25) is 5.91 Å². The third-order valence-electron chi connectivity index (χ3n) is 3.76. The molecular weight excluding hydrogens is 212 g/mol. The molecule has 1 aliphatic carbocycles. The summed E-state index contributed by atoms with van der Waals surface area (Å²) in [6.07, 6.45) is 6.68. The SMILES string of the molecule is CCNCC(C)C(=O)N(C)CC1CCCCC1. The maximum atomic E-state index is 12.1. The summed E-state index contributed by atoms with van der Waals surface area (Å²) in [5.74, 6) is 1.13. The number of hydrogen-bond donors (Lipinski definition) is 1. The van der Waals surface area contributed by atoms with Gasteiger partial charge in [-0.1, -0.05) is 33.1 Å². The minimum atomic E-state index is 0.101. The van der Waals surface area contributed by atoms with Crippen LogP contribution in [0.3, 0.4) is 0 Å². The van der Waals surface area contributed by atoms with Gasteiger partial charge in [0.1, 0.15) is 0 Å². The van der Waals surface area contributed by atoms with Crippen LogP contribution in [0.5, 0.6) is 0 Å². The Morgan fingerprint density at radius 3 is 2.59 bits per heavy atom. The van der Waals surface area contributed by atoms with Gasteiger partial charge in [0.25, 0.3) is 0 Å². The van der Waals surface area contributed by atoms with Crippen molar-refractivity contribution >= 4 is 5.91 Å². The number of nitrogens with one attached hydrogen (secondary N) is 1. The Bertz CT molecular complexity index is 224. The van der Waals surface area contributed by atoms with Crippen LogP contribution in [0.15, 0.2) is 0 Å². The van der Waals surface area contributed by atoms with E-state index in [1.165, 1.54) is 32.1 Å². The number of carbonyl (C=O) groups is 1. The molecule has 1 amide bonds. The van der Waals surface area contributed by atoms with E-state index in [9.17, 15) is 4.79 Å². The van der Waals surface area contributed by atoms with Gasteiger partial charge in [0.05, 0.1) is 0 Å². The van der Waals surface area contributed by atoms with Gasteiger partial charge in [-0.3, -0.25) is 4.79 Å². The predicted octanol–water partition coefficient (Wildman–Crippen LogP) is 2.27. The first-order chi connectivity index (χ1) is 8.15. The molecule has 1 saturated carbocycles. The van der Waals surface area contributed by atoms with Crippen LogP contribution < -0.4 is 5.32 Å². The van der Waals surface area contributed by atoms with E-state index in [2.05, 4.69) is 12.2 Å². The van der Waals surface area contributed by atoms with Gasteiger partial charge >= 0.3 is 0 Å². The molecule has 3 heteroatoms. The van der Waals surface area contributed by atoms with Crippen molar-refractivity contribution in [1.29, 1.82) is 0 Å². The number of rotatable bonds is 6. The van der Waals surface area contributed by atoms with Gasteiger partial charge in [0, 0.05) is 26.1 Å². The second-order valence-corrected chi connectivity index (χ2v) is 5.43. The molecule has 0 aromatic carbocycles. The first-order valence-corrected chi connectivity index (χ1v) is 7.10. The maximum Gasteiger partial charge on any atom is 0.226 e. The van der Waals surface area contributed by atoms with E-state index in [-0.39, 0.29) is 11.8 Å². The highest BCUT2D eigenvalue weighted by Gasteiger charge is 2.21. The van der Waals surface area contributed by atoms with Crippen LogP contribution in [-0.2, 0) is 4.79 Å². The molecule has 0 spiro atoms. The summed E-state index contributed by atoms with van der Waals surface area (Å²) in [5, 5.41) is 3.24. The first kappa shape index (κ1) is 14.5. The molecule has 1 unspecified atom stereocenters. The van der Waals surface area contributed by atoms with Crippen LogP contribution in [-0.4, -0.2) is 37.5 Å². The lowest BCUT2D eigenvalue weighted by Crippen LogP contribution is -2.39. The van der Waals surface area contributed by atoms with E-state index in [0.717, 1.165) is 25.6 Å². The van der Waals surface area contributed by atoms with Crippen molar-refractivity contribution in [2.75, 3.05) is 26.7 Å². The third-order valence-corrected chi connectivity index (χ3v) is 3.76. The summed E-state index contributed by atoms with van der Waals surface area (Å²) in [7, 11) is 1.96. The Morgan fingerprint density at radius 2 is 2.00 bits per heavy atom. The third kappa shape index (κ3) is 5.07. The van der Waals surface area contributed by atoms with E-state index in [4.69, 9.17) is 0 Å². The Kier molecular flexibility index (Phi) is 6.56. The van der Waals surface area contributed by atoms with Crippen molar-refractivity contribution in [3.8, 4) is 0 Å². The number of amides is 1. The van der Waals surface area contributed by atoms with E-state index < -0.39 is 0 Å². The molecule has 0 heterocycles. The van der Waals surface area contributed by atoms with Crippen LogP contribution in [0.25, 0.3) is 0 Å². The summed E-state index contributed by atoms with van der Waals surface area (Å²) in [5.41, 5.74) is 0. The topological polar surface area (TPSA) is 32.3 Å². The lowest BCUT2D eigenvalue weighted by Gasteiger charge is -2.28. The molecule has 0 aliphatic heterocycles. The van der Waals surface area contributed by atoms with Crippen LogP contribution >= 0.6 is 0 Å². The summed E-state index contributed by atoms with van der Waals surface area (Å²) >= 11 is 0. The Morgan fingerprint density at radius 1 is 1.35 bits per heavy atom. The van der Waals surface area contributed by atoms with Crippen molar-refractivity contribution < 1.29 is 4.79 Å². The first-order valence-electron chi connectivity index (χ1n) is 7.10. The standard InChI is InChI=1S/C14H28N2O/c1-4-15-10-12(2)14(17)16(3)11-13-8-6-5-7-9-13/h12-13,15H,4-11H2,1-3H3. The highest BCUT2D eigenvalue weighted by molar-refractivity contribution is 5.78. The predicted molar refractivity (Wildman–Crippen MR) is 71.9 cm³/mol. The van der Waals surface area contributed by atoms with Crippen LogP contribution in [0, 0.1) is 11.8 Å². The monoisotopic (exact) mass is 240 g/mol. The molecule has 100 valence electrons. The quantitative estimate of drug-likeness (QED) is 0.772. The molecule has 0 aromatic rings. The smallest absolute Gasteiger partial charge is 0.226 e. The highest BCUT2D eigenvalue weighted by atomic mass is 16.2. The molecular formula is C14H28N2O. The lowest BCUT2D eigenvalue weighted by molar-refractivity contribution is -0.134. The summed E-state index contributed by atoms with van der Waals surface area (Å²) in [6, 6.07) is 0. The average Bonchev–Trinajstić information content (AvgIpc) is 2.36. The van der Waals surface area contributed by atoms with Gasteiger partial charge in [0.15, 0.2) is 0 Å². The van der Waals surface area contributed by atoms with Gasteiger partial charge in [-0.25, -0.2) is 0 Å². The number of hydrogen-bond acceptors (Lipinski definition) is 2. The molecule has 17 heavy (non-hydrogen) atoms. The van der Waals surface area contributed by atoms with Gasteiger partial charge in [-0.15, -0.1) is 0 Å². The van der Waals surface area contributed by atoms with Crippen LogP contribution in [0.4, 0.5) is 0 Å². The fraction of sp³-hybridized carbons (Fsp3) is 0.929. The van der Waals surface area contributed by atoms with Crippen molar-refractivity contribution in [3.05, 3.63) is 0 Å². The molecule has 0 radical (unpaired) electrons. The molecule has 1 fully saturated rings. The minimum Gasteiger partial charge on any atom is -0.345 e. The van der Waals surface area contributed by atoms with E-state index in [0.29, 0.717) is 0 Å². The van der Waals surface area contributed by atoms with Crippen LogP contribution in [0.1, 0.15) is 46.0 Å². The van der Waals surface area contributed by atoms with Crippen LogP contribution in [0.2, 0.25) is 0 Å². The fourth-order valence-electron chi connectivity index (χ4n) is 2.67. The minimum absolute atomic E-state index is 0.101. The molecule has 1 atom stereocenters. The van der Waals surface area contributed by atoms with Gasteiger partial charge in [-0.05, 0) is 25.3 Å². The zero-order chi connectivity index (χ0) is 12.7. The summed E-state index contributed by atoms with van der Waals surface area (Å²) in [6.45, 7) is 6.77. The second-order valence-electron chi connectivity index (χ2n) is 5.43. The molecule has 0 bridgehead atoms. The maximum absolute atomic E-state index is 12.1. The normalized spacial score (nSPS) is 19.0. The highest BCUT2D eigenvalue weighted by Crippen LogP contribution is 2.24. The van der Waals surface area contributed by atoms with E-state index >= 15 is 0 Å². The summed E-state index contributed by atoms with van der Waals surface area (Å²) in [4.78, 5) is 14.1. The second kappa shape index (κ2) is 7.70. The zero-order valence-electron chi connectivity index (χ0n) is 11.7. The Balaban J connectivity index is 2.29. The average molecular weight is 240 g/mol. The van der Waals surface area contributed by atoms with Gasteiger partial charge < -0.3 is 10.2 Å². The lowest BCUT2D eigenvalue weighted by atomic mass is 9.89. The number of nitrogens with zero attached hydrogens (tertiary/aromatic N) is 1. The van der Waals surface area contributed by atoms with Crippen molar-refractivity contribution in [2.24, 2.45) is 11.8 Å². The molecule has 1 rings (SSSR count). The largest absolute Gasteiger partial charge is 0.345 e. The molecule has 1 N–H and O–H groups in total. The van der Waals surface area contributed by atoms with E-state index in [1.54, 1.807) is 0 Å². The molecule has 0 saturated heterocycles. The zero-order valence-corrected chi connectivity index (χ0v) is 11.7. The van der Waals surface area contributed by atoms with Gasteiger partial charge in [-0.2, -0.15) is 0 Å². The Hall–Kier alpha value is -0.570. The molecule has 3 nitrogen and oxygen atoms in total. The van der Waals surface area contributed by atoms with E-state index in [1.807, 2.05) is 18.9 Å². The molecule has 0 aromatic heterocycles. The van der Waals surface area contributed by atoms with Crippen molar-refractivity contribution in [2.45, 2.75) is 46.0 Å². The van der Waals surface area contributed by atoms with Crippen molar-refractivity contribution in [3.63, 3.8) is 0 Å². The van der Waals surface area contributed by atoms with Crippen molar-refractivity contribution in [1.82, 2.24) is 10.2 Å². The summed E-state index contributed by atoms with van der Waals surface area (Å²) < 4.78 is 0. The Labute approximate surface area is 106 Å².